The van der Waals surface area contributed by atoms with Crippen LogP contribution in [0.25, 0.3) is 0 Å². The quantitative estimate of drug-likeness (QED) is 0.0496. The molecular formula is C39H64O5. The molecule has 0 bridgehead atoms. The Bertz CT molecular complexity index is 833. The van der Waals surface area contributed by atoms with E-state index in [9.17, 15) is 14.7 Å². The molecule has 0 aliphatic heterocycles. The minimum atomic E-state index is -0.801. The highest BCUT2D eigenvalue weighted by molar-refractivity contribution is 5.70. The number of hydrogen-bond acceptors (Lipinski definition) is 5. The Kier molecular flexibility index (Phi) is 32.7. The lowest BCUT2D eigenvalue weighted by molar-refractivity contribution is -0.161. The highest BCUT2D eigenvalue weighted by atomic mass is 16.6. The molecule has 0 amide bonds. The summed E-state index contributed by atoms with van der Waals surface area (Å²) in [6.45, 7) is 3.92. The fourth-order valence-corrected chi connectivity index (χ4v) is 4.40. The largest absolute Gasteiger partial charge is 0.462 e. The van der Waals surface area contributed by atoms with Gasteiger partial charge >= 0.3 is 11.9 Å². The van der Waals surface area contributed by atoms with E-state index in [-0.39, 0.29) is 31.6 Å². The van der Waals surface area contributed by atoms with Crippen molar-refractivity contribution in [2.45, 2.75) is 148 Å². The Morgan fingerprint density at radius 1 is 0.545 bits per heavy atom. The first-order chi connectivity index (χ1) is 21.6. The maximum atomic E-state index is 12.1. The van der Waals surface area contributed by atoms with E-state index in [4.69, 9.17) is 9.47 Å². The Morgan fingerprint density at radius 2 is 0.977 bits per heavy atom. The number of esters is 2. The summed E-state index contributed by atoms with van der Waals surface area (Å²) in [5.74, 6) is -0.696. The molecule has 5 heteroatoms. The highest BCUT2D eigenvalue weighted by Crippen LogP contribution is 2.12. The molecule has 0 aromatic carbocycles. The smallest absolute Gasteiger partial charge is 0.306 e. The SMILES string of the molecule is CCC=CCC=CCC=CCC=CCC=CCC=CCCC(=O)OCC(CO)OC(=O)CCCCCCCCCCCCC. The normalized spacial score (nSPS) is 13.1. The van der Waals surface area contributed by atoms with Crippen molar-refractivity contribution in [3.63, 3.8) is 0 Å². The summed E-state index contributed by atoms with van der Waals surface area (Å²) < 4.78 is 10.5. The minimum Gasteiger partial charge on any atom is -0.462 e. The fraction of sp³-hybridized carbons (Fsp3) is 0.641. The Morgan fingerprint density at radius 3 is 1.43 bits per heavy atom. The maximum Gasteiger partial charge on any atom is 0.306 e. The van der Waals surface area contributed by atoms with Crippen molar-refractivity contribution < 1.29 is 24.2 Å². The van der Waals surface area contributed by atoms with Gasteiger partial charge in [-0.1, -0.05) is 151 Å². The lowest BCUT2D eigenvalue weighted by atomic mass is 10.1. The molecule has 0 aromatic heterocycles. The summed E-state index contributed by atoms with van der Waals surface area (Å²) in [4.78, 5) is 24.1. The first-order valence-electron chi connectivity index (χ1n) is 17.5. The van der Waals surface area contributed by atoms with Gasteiger partial charge in [0, 0.05) is 12.8 Å². The van der Waals surface area contributed by atoms with Gasteiger partial charge in [0.15, 0.2) is 6.10 Å². The van der Waals surface area contributed by atoms with Gasteiger partial charge in [-0.15, -0.1) is 0 Å². The topological polar surface area (TPSA) is 72.8 Å². The van der Waals surface area contributed by atoms with Crippen molar-refractivity contribution in [3.05, 3.63) is 72.9 Å². The van der Waals surface area contributed by atoms with E-state index in [1.165, 1.54) is 51.4 Å². The van der Waals surface area contributed by atoms with Crippen LogP contribution in [0.3, 0.4) is 0 Å². The Balaban J connectivity index is 3.75. The van der Waals surface area contributed by atoms with Crippen LogP contribution < -0.4 is 0 Å². The van der Waals surface area contributed by atoms with Crippen molar-refractivity contribution in [1.82, 2.24) is 0 Å². The molecule has 0 heterocycles. The molecule has 0 saturated carbocycles. The summed E-state index contributed by atoms with van der Waals surface area (Å²) in [6, 6.07) is 0. The summed E-state index contributed by atoms with van der Waals surface area (Å²) in [5.41, 5.74) is 0. The van der Waals surface area contributed by atoms with E-state index < -0.39 is 6.10 Å². The maximum absolute atomic E-state index is 12.1. The van der Waals surface area contributed by atoms with Gasteiger partial charge in [0.05, 0.1) is 6.61 Å². The van der Waals surface area contributed by atoms with Crippen molar-refractivity contribution in [3.8, 4) is 0 Å². The molecule has 0 radical (unpaired) electrons. The van der Waals surface area contributed by atoms with Crippen LogP contribution in [-0.4, -0.2) is 36.4 Å². The van der Waals surface area contributed by atoms with E-state index >= 15 is 0 Å². The number of allylic oxidation sites excluding steroid dienone is 12. The van der Waals surface area contributed by atoms with Crippen molar-refractivity contribution >= 4 is 11.9 Å². The third kappa shape index (κ3) is 32.3. The van der Waals surface area contributed by atoms with Gasteiger partial charge in [-0.25, -0.2) is 0 Å². The molecule has 0 aromatic rings. The van der Waals surface area contributed by atoms with Gasteiger partial charge in [0.25, 0.3) is 0 Å². The average Bonchev–Trinajstić information content (AvgIpc) is 3.02. The van der Waals surface area contributed by atoms with E-state index in [1.807, 2.05) is 12.2 Å². The standard InChI is InChI=1S/C39H64O5/c1-3-5-7-9-11-13-15-16-17-18-19-20-21-22-24-25-27-29-31-33-38(41)43-36-37(35-40)44-39(42)34-32-30-28-26-23-14-12-10-8-6-4-2/h5,7,11,13,16-17,19-20,22,24,27,29,37,40H,3-4,6,8-10,12,14-15,18,21,23,25-26,28,30-36H2,1-2H3. The molecule has 0 spiro atoms. The number of aliphatic hydroxyl groups excluding tert-OH is 1. The number of ether oxygens (including phenoxy) is 2. The number of carbonyl (C=O) groups excluding carboxylic acids is 2. The van der Waals surface area contributed by atoms with E-state index in [2.05, 4.69) is 74.6 Å². The summed E-state index contributed by atoms with van der Waals surface area (Å²) in [6.07, 6.45) is 45.4. The number of hydrogen-bond donors (Lipinski definition) is 1. The van der Waals surface area contributed by atoms with Gasteiger partial charge in [-0.05, 0) is 51.4 Å². The van der Waals surface area contributed by atoms with E-state index in [1.54, 1.807) is 0 Å². The van der Waals surface area contributed by atoms with Crippen LogP contribution in [-0.2, 0) is 19.1 Å². The molecule has 44 heavy (non-hydrogen) atoms. The second kappa shape index (κ2) is 34.8. The molecule has 1 unspecified atom stereocenters. The third-order valence-electron chi connectivity index (χ3n) is 7.03. The molecule has 0 saturated heterocycles. The fourth-order valence-electron chi connectivity index (χ4n) is 4.40. The minimum absolute atomic E-state index is 0.108. The van der Waals surface area contributed by atoms with E-state index in [0.29, 0.717) is 12.8 Å². The molecular weight excluding hydrogens is 548 g/mol. The van der Waals surface area contributed by atoms with Crippen molar-refractivity contribution in [1.29, 1.82) is 0 Å². The molecule has 250 valence electrons. The van der Waals surface area contributed by atoms with Crippen LogP contribution in [0.15, 0.2) is 72.9 Å². The first kappa shape index (κ1) is 41.3. The monoisotopic (exact) mass is 612 g/mol. The highest BCUT2D eigenvalue weighted by Gasteiger charge is 2.15. The molecule has 0 rings (SSSR count). The summed E-state index contributed by atoms with van der Waals surface area (Å²) >= 11 is 0. The molecule has 0 fully saturated rings. The molecule has 5 nitrogen and oxygen atoms in total. The van der Waals surface area contributed by atoms with Crippen LogP contribution in [0.5, 0.6) is 0 Å². The van der Waals surface area contributed by atoms with Crippen LogP contribution in [0.4, 0.5) is 0 Å². The number of carbonyl (C=O) groups is 2. The van der Waals surface area contributed by atoms with Gasteiger partial charge < -0.3 is 14.6 Å². The van der Waals surface area contributed by atoms with Gasteiger partial charge in [0.1, 0.15) is 6.61 Å². The second-order valence-electron chi connectivity index (χ2n) is 11.2. The molecule has 1 atom stereocenters. The lowest BCUT2D eigenvalue weighted by Gasteiger charge is -2.15. The van der Waals surface area contributed by atoms with Crippen molar-refractivity contribution in [2.75, 3.05) is 13.2 Å². The zero-order valence-electron chi connectivity index (χ0n) is 28.1. The van der Waals surface area contributed by atoms with Gasteiger partial charge in [-0.3, -0.25) is 9.59 Å². The Hall–Kier alpha value is -2.66. The number of unbranched alkanes of at least 4 members (excludes halogenated alkanes) is 10. The zero-order chi connectivity index (χ0) is 32.2. The predicted molar refractivity (Wildman–Crippen MR) is 186 cm³/mol. The summed E-state index contributed by atoms with van der Waals surface area (Å²) in [5, 5.41) is 9.50. The predicted octanol–water partition coefficient (Wildman–Crippen LogP) is 10.6. The van der Waals surface area contributed by atoms with Crippen LogP contribution in [0.2, 0.25) is 0 Å². The second-order valence-corrected chi connectivity index (χ2v) is 11.2. The average molecular weight is 613 g/mol. The number of aliphatic hydroxyl groups is 1. The Labute approximate surface area is 270 Å². The van der Waals surface area contributed by atoms with Crippen molar-refractivity contribution in [2.24, 2.45) is 0 Å². The molecule has 0 aliphatic carbocycles. The third-order valence-corrected chi connectivity index (χ3v) is 7.03. The van der Waals surface area contributed by atoms with E-state index in [0.717, 1.165) is 57.8 Å². The molecule has 0 aliphatic rings. The van der Waals surface area contributed by atoms with Crippen LogP contribution in [0, 0.1) is 0 Å². The summed E-state index contributed by atoms with van der Waals surface area (Å²) in [7, 11) is 0. The van der Waals surface area contributed by atoms with Gasteiger partial charge in [0.2, 0.25) is 0 Å². The number of rotatable bonds is 30. The van der Waals surface area contributed by atoms with Gasteiger partial charge in [-0.2, -0.15) is 0 Å². The lowest BCUT2D eigenvalue weighted by Crippen LogP contribution is -2.28. The zero-order valence-corrected chi connectivity index (χ0v) is 28.1. The molecule has 1 N–H and O–H groups in total. The first-order valence-corrected chi connectivity index (χ1v) is 17.5. The van der Waals surface area contributed by atoms with Crippen LogP contribution in [0.1, 0.15) is 142 Å². The van der Waals surface area contributed by atoms with Crippen LogP contribution >= 0.6 is 0 Å².